The molecule has 2 saturated heterocycles. The van der Waals surface area contributed by atoms with Gasteiger partial charge >= 0.3 is 60.8 Å². The van der Waals surface area contributed by atoms with E-state index in [0.29, 0.717) is 26.1 Å². The van der Waals surface area contributed by atoms with Crippen LogP contribution >= 0.6 is 31.3 Å². The van der Waals surface area contributed by atoms with Crippen molar-refractivity contribution in [2.75, 3.05) is 26.4 Å². The summed E-state index contributed by atoms with van der Waals surface area (Å²) >= 11 is 0. The molecule has 0 aromatic carbocycles. The van der Waals surface area contributed by atoms with Gasteiger partial charge in [0.2, 0.25) is 0 Å². The number of hydrogen-bond acceptors (Lipinski definition) is 10. The van der Waals surface area contributed by atoms with E-state index in [2.05, 4.69) is 17.7 Å². The second kappa shape index (κ2) is 11.9. The van der Waals surface area contributed by atoms with E-state index < -0.39 is 31.3 Å². The summed E-state index contributed by atoms with van der Waals surface area (Å²) in [5, 5.41) is 0. The molecule has 0 spiro atoms. The van der Waals surface area contributed by atoms with Crippen LogP contribution in [0.1, 0.15) is 26.7 Å². The standard InChI is InChI=1S/2C5H12O8P2.Na/c2*1-5(4-11-5)2-3-12-15(9,10)13-14(6,7)8;/h2*2-4H2,1H3,(H,9,10)(H2,6,7,8);/q;;+1. The molecule has 6 N–H and O–H groups in total. The smallest absolute Gasteiger partial charge is 0.370 e. The SMILES string of the molecule is CC1(CCOP(=O)(O)OP(=O)(O)O)CO1.CC1(CCOP(=O)(O)OP(=O)(O)O)CO1.[Na+]. The molecule has 180 valence electrons. The van der Waals surface area contributed by atoms with Crippen LogP contribution in [0.2, 0.25) is 0 Å². The molecule has 0 aliphatic carbocycles. The first-order chi connectivity index (χ1) is 13.2. The first-order valence-electron chi connectivity index (χ1n) is 8.00. The summed E-state index contributed by atoms with van der Waals surface area (Å²) in [6.45, 7) is 4.27. The van der Waals surface area contributed by atoms with Crippen LogP contribution in [0.25, 0.3) is 0 Å². The largest absolute Gasteiger partial charge is 1.00 e. The van der Waals surface area contributed by atoms with E-state index in [1.807, 2.05) is 0 Å². The van der Waals surface area contributed by atoms with Crippen molar-refractivity contribution >= 4 is 31.3 Å². The van der Waals surface area contributed by atoms with Gasteiger partial charge in [-0.05, 0) is 13.8 Å². The first kappa shape index (κ1) is 32.4. The molecule has 2 aliphatic heterocycles. The Bertz CT molecular complexity index is 704. The number of ether oxygens (including phenoxy) is 2. The summed E-state index contributed by atoms with van der Waals surface area (Å²) in [7, 11) is -19.4. The molecule has 21 heteroatoms. The molecule has 0 saturated carbocycles. The Labute approximate surface area is 199 Å². The Morgan fingerprint density at radius 1 is 0.710 bits per heavy atom. The van der Waals surface area contributed by atoms with Crippen LogP contribution in [0, 0.1) is 0 Å². The van der Waals surface area contributed by atoms with E-state index in [-0.39, 0.29) is 54.0 Å². The van der Waals surface area contributed by atoms with E-state index in [1.165, 1.54) is 0 Å². The summed E-state index contributed by atoms with van der Waals surface area (Å²) in [6.07, 6.45) is 0.699. The first-order valence-corrected chi connectivity index (χ1v) is 14.1. The molecule has 0 amide bonds. The molecular weight excluding hydrogens is 523 g/mol. The average molecular weight is 547 g/mol. The van der Waals surface area contributed by atoms with Gasteiger partial charge in [-0.1, -0.05) is 0 Å². The van der Waals surface area contributed by atoms with Gasteiger partial charge in [-0.2, -0.15) is 8.62 Å². The summed E-state index contributed by atoms with van der Waals surface area (Å²) in [4.78, 5) is 50.8. The Balaban J connectivity index is 0.000000562. The van der Waals surface area contributed by atoms with E-state index in [4.69, 9.17) is 38.8 Å². The van der Waals surface area contributed by atoms with Crippen molar-refractivity contribution in [1.29, 1.82) is 0 Å². The van der Waals surface area contributed by atoms with Crippen LogP contribution < -0.4 is 29.6 Å². The third-order valence-corrected chi connectivity index (χ3v) is 7.83. The van der Waals surface area contributed by atoms with Crippen LogP contribution in [-0.2, 0) is 45.4 Å². The fraction of sp³-hybridized carbons (Fsp3) is 1.00. The van der Waals surface area contributed by atoms with E-state index in [9.17, 15) is 18.3 Å². The van der Waals surface area contributed by atoms with Crippen LogP contribution in [0.3, 0.4) is 0 Å². The zero-order valence-corrected chi connectivity index (χ0v) is 22.4. The maximum absolute atomic E-state index is 10.9. The average Bonchev–Trinajstić information content (AvgIpc) is 3.34. The molecule has 31 heavy (non-hydrogen) atoms. The van der Waals surface area contributed by atoms with Gasteiger partial charge in [0, 0.05) is 12.8 Å². The topological polar surface area (TPSA) is 252 Å². The molecule has 4 unspecified atom stereocenters. The Morgan fingerprint density at radius 2 is 0.968 bits per heavy atom. The maximum Gasteiger partial charge on any atom is 1.00 e. The molecule has 2 rings (SSSR count). The molecular formula is C10H24NaO16P4+. The van der Waals surface area contributed by atoms with Crippen molar-refractivity contribution in [1.82, 2.24) is 0 Å². The molecule has 0 bridgehead atoms. The molecule has 2 fully saturated rings. The van der Waals surface area contributed by atoms with Gasteiger partial charge in [0.15, 0.2) is 0 Å². The number of phosphoric acid groups is 4. The van der Waals surface area contributed by atoms with Crippen molar-refractivity contribution in [3.8, 4) is 0 Å². The quantitative estimate of drug-likeness (QED) is 0.0860. The predicted molar refractivity (Wildman–Crippen MR) is 95.8 cm³/mol. The second-order valence-electron chi connectivity index (χ2n) is 6.73. The van der Waals surface area contributed by atoms with Gasteiger partial charge in [-0.3, -0.25) is 9.05 Å². The third kappa shape index (κ3) is 17.5. The molecule has 2 heterocycles. The van der Waals surface area contributed by atoms with Gasteiger partial charge in [0.05, 0.1) is 37.6 Å². The minimum absolute atomic E-state index is 0. The Kier molecular flexibility index (Phi) is 12.5. The molecule has 0 aromatic heterocycles. The van der Waals surface area contributed by atoms with E-state index in [0.717, 1.165) is 0 Å². The van der Waals surface area contributed by atoms with Crippen molar-refractivity contribution in [2.45, 2.75) is 37.9 Å². The fourth-order valence-electron chi connectivity index (χ4n) is 1.60. The Hall–Kier alpha value is 1.44. The summed E-state index contributed by atoms with van der Waals surface area (Å²) in [6, 6.07) is 0. The summed E-state index contributed by atoms with van der Waals surface area (Å²) in [5.41, 5.74) is -0.718. The van der Waals surface area contributed by atoms with Crippen LogP contribution in [0.15, 0.2) is 0 Å². The van der Waals surface area contributed by atoms with Gasteiger partial charge in [0.25, 0.3) is 0 Å². The second-order valence-corrected chi connectivity index (χ2v) is 12.4. The van der Waals surface area contributed by atoms with Gasteiger partial charge in [-0.15, -0.1) is 0 Å². The number of hydrogen-bond donors (Lipinski definition) is 6. The number of rotatable bonds is 12. The fourth-order valence-corrected chi connectivity index (χ4v) is 4.78. The van der Waals surface area contributed by atoms with Gasteiger partial charge in [-0.25, -0.2) is 18.3 Å². The number of phosphoric ester groups is 2. The maximum atomic E-state index is 10.9. The van der Waals surface area contributed by atoms with Crippen LogP contribution in [0.5, 0.6) is 0 Å². The van der Waals surface area contributed by atoms with E-state index >= 15 is 0 Å². The zero-order chi connectivity index (χ0) is 23.5. The minimum Gasteiger partial charge on any atom is -0.370 e. The van der Waals surface area contributed by atoms with Crippen molar-refractivity contribution in [3.05, 3.63) is 0 Å². The van der Waals surface area contributed by atoms with Crippen LogP contribution in [-0.4, -0.2) is 67.0 Å². The molecule has 0 aromatic rings. The monoisotopic (exact) mass is 547 g/mol. The van der Waals surface area contributed by atoms with Crippen molar-refractivity contribution in [3.63, 3.8) is 0 Å². The van der Waals surface area contributed by atoms with Crippen molar-refractivity contribution < 1.29 is 104 Å². The molecule has 4 atom stereocenters. The number of epoxide rings is 2. The normalized spacial score (nSPS) is 28.9. The summed E-state index contributed by atoms with van der Waals surface area (Å²) in [5.74, 6) is 0. The van der Waals surface area contributed by atoms with Gasteiger partial charge in [0.1, 0.15) is 0 Å². The molecule has 16 nitrogen and oxygen atoms in total. The summed E-state index contributed by atoms with van der Waals surface area (Å²) < 4.78 is 68.1. The van der Waals surface area contributed by atoms with Crippen molar-refractivity contribution in [2.24, 2.45) is 0 Å². The molecule has 2 aliphatic rings. The third-order valence-electron chi connectivity index (χ3n) is 3.46. The zero-order valence-electron chi connectivity index (χ0n) is 16.8. The predicted octanol–water partition coefficient (Wildman–Crippen LogP) is -2.21. The Morgan fingerprint density at radius 3 is 1.16 bits per heavy atom. The minimum atomic E-state index is -5.02. The van der Waals surface area contributed by atoms with Gasteiger partial charge < -0.3 is 38.8 Å². The van der Waals surface area contributed by atoms with Crippen LogP contribution in [0.4, 0.5) is 0 Å². The van der Waals surface area contributed by atoms with E-state index in [1.54, 1.807) is 13.8 Å². The molecule has 0 radical (unpaired) electrons.